The number of rotatable bonds is 46. The van der Waals surface area contributed by atoms with Crippen molar-refractivity contribution in [1.29, 1.82) is 0 Å². The average molecular weight is 810 g/mol. The van der Waals surface area contributed by atoms with Crippen LogP contribution in [0.4, 0.5) is 0 Å². The molecule has 4 heteroatoms. The van der Waals surface area contributed by atoms with Gasteiger partial charge in [0.05, 0.1) is 18.8 Å². The van der Waals surface area contributed by atoms with Crippen LogP contribution in [0.3, 0.4) is 0 Å². The van der Waals surface area contributed by atoms with Gasteiger partial charge in [0.2, 0.25) is 5.91 Å². The summed E-state index contributed by atoms with van der Waals surface area (Å²) >= 11 is 0. The van der Waals surface area contributed by atoms with Crippen molar-refractivity contribution in [2.24, 2.45) is 0 Å². The minimum absolute atomic E-state index is 0.0332. The zero-order chi connectivity index (χ0) is 42.1. The van der Waals surface area contributed by atoms with E-state index < -0.39 is 12.1 Å². The van der Waals surface area contributed by atoms with Gasteiger partial charge in [0.1, 0.15) is 0 Å². The Labute approximate surface area is 362 Å². The average Bonchev–Trinajstić information content (AvgIpc) is 3.23. The number of aliphatic hydroxyl groups excluding tert-OH is 2. The first-order valence-electron chi connectivity index (χ1n) is 25.5. The quantitative estimate of drug-likeness (QED) is 0.0424. The van der Waals surface area contributed by atoms with Crippen molar-refractivity contribution in [2.75, 3.05) is 6.61 Å². The van der Waals surface area contributed by atoms with E-state index in [1.165, 1.54) is 173 Å². The van der Waals surface area contributed by atoms with Crippen LogP contribution in [0.15, 0.2) is 60.8 Å². The number of unbranched alkanes of at least 4 members (excludes halogenated alkanes) is 29. The first kappa shape index (κ1) is 56.1. The van der Waals surface area contributed by atoms with E-state index in [0.29, 0.717) is 12.8 Å². The normalized spacial score (nSPS) is 13.4. The van der Waals surface area contributed by atoms with Gasteiger partial charge in [0, 0.05) is 6.42 Å². The van der Waals surface area contributed by atoms with Gasteiger partial charge in [-0.25, -0.2) is 0 Å². The molecule has 4 nitrogen and oxygen atoms in total. The Morgan fingerprint density at radius 3 is 1.14 bits per heavy atom. The van der Waals surface area contributed by atoms with E-state index in [1.54, 1.807) is 0 Å². The van der Waals surface area contributed by atoms with Crippen molar-refractivity contribution >= 4 is 5.91 Å². The number of hydrogen-bond acceptors (Lipinski definition) is 3. The van der Waals surface area contributed by atoms with Gasteiger partial charge in [0.25, 0.3) is 0 Å². The van der Waals surface area contributed by atoms with E-state index in [-0.39, 0.29) is 12.5 Å². The number of aliphatic hydroxyl groups is 2. The zero-order valence-electron chi connectivity index (χ0n) is 38.8. The van der Waals surface area contributed by atoms with Crippen LogP contribution in [-0.2, 0) is 4.79 Å². The zero-order valence-corrected chi connectivity index (χ0v) is 38.8. The Morgan fingerprint density at radius 2 is 0.759 bits per heavy atom. The minimum Gasteiger partial charge on any atom is -0.394 e. The first-order valence-corrected chi connectivity index (χ1v) is 25.5. The molecular weight excluding hydrogens is 711 g/mol. The van der Waals surface area contributed by atoms with E-state index in [2.05, 4.69) is 79.9 Å². The number of hydrogen-bond donors (Lipinski definition) is 3. The maximum absolute atomic E-state index is 12.3. The van der Waals surface area contributed by atoms with Gasteiger partial charge in [-0.2, -0.15) is 0 Å². The molecule has 58 heavy (non-hydrogen) atoms. The van der Waals surface area contributed by atoms with E-state index in [0.717, 1.165) is 57.8 Å². The molecule has 0 radical (unpaired) electrons. The summed E-state index contributed by atoms with van der Waals surface area (Å²) in [6, 6.07) is -0.532. The summed E-state index contributed by atoms with van der Waals surface area (Å²) < 4.78 is 0. The van der Waals surface area contributed by atoms with E-state index >= 15 is 0 Å². The molecule has 0 aliphatic heterocycles. The number of amides is 1. The van der Waals surface area contributed by atoms with Gasteiger partial charge in [0.15, 0.2) is 0 Å². The second-order valence-corrected chi connectivity index (χ2v) is 17.2. The molecule has 0 aliphatic carbocycles. The van der Waals surface area contributed by atoms with E-state index in [9.17, 15) is 15.0 Å². The molecule has 0 saturated carbocycles. The summed E-state index contributed by atoms with van der Waals surface area (Å²) in [7, 11) is 0. The van der Waals surface area contributed by atoms with Crippen LogP contribution < -0.4 is 5.32 Å². The molecule has 338 valence electrons. The molecule has 0 spiro atoms. The Morgan fingerprint density at radius 1 is 0.431 bits per heavy atom. The maximum atomic E-state index is 12.3. The molecule has 0 aliphatic rings. The molecule has 2 atom stereocenters. The van der Waals surface area contributed by atoms with Gasteiger partial charge < -0.3 is 15.5 Å². The lowest BCUT2D eigenvalue weighted by Gasteiger charge is -2.22. The summed E-state index contributed by atoms with van der Waals surface area (Å²) in [6.45, 7) is 4.21. The molecule has 0 aromatic heterocycles. The lowest BCUT2D eigenvalue weighted by atomic mass is 10.0. The highest BCUT2D eigenvalue weighted by Crippen LogP contribution is 2.17. The van der Waals surface area contributed by atoms with Crippen molar-refractivity contribution in [3.63, 3.8) is 0 Å². The third kappa shape index (κ3) is 45.2. The smallest absolute Gasteiger partial charge is 0.220 e. The molecule has 0 heterocycles. The number of allylic oxidation sites excluding steroid dienone is 10. The number of carbonyl (C=O) groups excluding carboxylic acids is 1. The highest BCUT2D eigenvalue weighted by molar-refractivity contribution is 5.76. The monoisotopic (exact) mass is 810 g/mol. The fourth-order valence-corrected chi connectivity index (χ4v) is 7.68. The fraction of sp³-hybridized carbons (Fsp3) is 0.796. The maximum Gasteiger partial charge on any atom is 0.220 e. The SMILES string of the molecule is CC/C=C\C/C=C\C/C=C\C/C=C\C/C=C\CCCCCCCCCCCCCCCCCCCCCCCCCC(=O)NC(CO)C(O)CCCCCCCCC. The summed E-state index contributed by atoms with van der Waals surface area (Å²) in [5, 5.41) is 23.0. The van der Waals surface area contributed by atoms with Crippen molar-refractivity contribution in [1.82, 2.24) is 5.32 Å². The van der Waals surface area contributed by atoms with Crippen LogP contribution in [0.1, 0.15) is 258 Å². The molecule has 0 fully saturated rings. The lowest BCUT2D eigenvalue weighted by molar-refractivity contribution is -0.123. The van der Waals surface area contributed by atoms with Gasteiger partial charge in [-0.1, -0.05) is 254 Å². The number of nitrogens with one attached hydrogen (secondary N) is 1. The predicted octanol–water partition coefficient (Wildman–Crippen LogP) is 16.5. The van der Waals surface area contributed by atoms with Crippen LogP contribution >= 0.6 is 0 Å². The van der Waals surface area contributed by atoms with Crippen LogP contribution in [0.25, 0.3) is 0 Å². The third-order valence-electron chi connectivity index (χ3n) is 11.5. The van der Waals surface area contributed by atoms with Crippen LogP contribution in [-0.4, -0.2) is 34.9 Å². The molecule has 0 saturated heterocycles. The Balaban J connectivity index is 3.36. The first-order chi connectivity index (χ1) is 28.7. The fourth-order valence-electron chi connectivity index (χ4n) is 7.68. The van der Waals surface area contributed by atoms with Crippen LogP contribution in [0.2, 0.25) is 0 Å². The Bertz CT molecular complexity index is 965. The molecule has 0 aromatic carbocycles. The lowest BCUT2D eigenvalue weighted by Crippen LogP contribution is -2.45. The summed E-state index contributed by atoms with van der Waals surface area (Å²) in [5.74, 6) is -0.0332. The largest absolute Gasteiger partial charge is 0.394 e. The molecule has 0 bridgehead atoms. The Hall–Kier alpha value is -1.91. The van der Waals surface area contributed by atoms with Gasteiger partial charge in [-0.3, -0.25) is 4.79 Å². The standard InChI is InChI=1S/C54H99NO3/c1-3-5-7-9-11-12-13-14-15-16-17-18-19-20-21-22-23-24-25-26-27-28-29-30-31-32-33-34-35-36-37-38-39-40-41-42-44-46-48-50-54(58)55-52(51-56)53(57)49-47-45-43-10-8-6-4-2/h5,7,11-12,14-15,17-18,20-21,52-53,56-57H,3-4,6,8-10,13,16,19,22-51H2,1-2H3,(H,55,58)/b7-5-,12-11-,15-14-,18-17-,21-20-. The predicted molar refractivity (Wildman–Crippen MR) is 258 cm³/mol. The molecule has 1 amide bonds. The summed E-state index contributed by atoms with van der Waals surface area (Å²) in [6.07, 6.45) is 69.4. The highest BCUT2D eigenvalue weighted by atomic mass is 16.3. The van der Waals surface area contributed by atoms with Gasteiger partial charge >= 0.3 is 0 Å². The van der Waals surface area contributed by atoms with Crippen molar-refractivity contribution in [2.45, 2.75) is 270 Å². The second kappa shape index (κ2) is 49.5. The van der Waals surface area contributed by atoms with Crippen molar-refractivity contribution in [3.8, 4) is 0 Å². The summed E-state index contributed by atoms with van der Waals surface area (Å²) in [4.78, 5) is 12.3. The van der Waals surface area contributed by atoms with Gasteiger partial charge in [-0.15, -0.1) is 0 Å². The highest BCUT2D eigenvalue weighted by Gasteiger charge is 2.20. The molecule has 0 aromatic rings. The molecule has 2 unspecified atom stereocenters. The number of carbonyl (C=O) groups is 1. The third-order valence-corrected chi connectivity index (χ3v) is 11.5. The van der Waals surface area contributed by atoms with Crippen molar-refractivity contribution < 1.29 is 15.0 Å². The minimum atomic E-state index is -0.655. The van der Waals surface area contributed by atoms with E-state index in [1.807, 2.05) is 0 Å². The second-order valence-electron chi connectivity index (χ2n) is 17.2. The van der Waals surface area contributed by atoms with Gasteiger partial charge in [-0.05, 0) is 57.8 Å². The van der Waals surface area contributed by atoms with E-state index in [4.69, 9.17) is 0 Å². The Kier molecular flexibility index (Phi) is 47.8. The topological polar surface area (TPSA) is 69.6 Å². The van der Waals surface area contributed by atoms with Crippen LogP contribution in [0, 0.1) is 0 Å². The van der Waals surface area contributed by atoms with Crippen molar-refractivity contribution in [3.05, 3.63) is 60.8 Å². The molecular formula is C54H99NO3. The molecule has 0 rings (SSSR count). The van der Waals surface area contributed by atoms with Crippen LogP contribution in [0.5, 0.6) is 0 Å². The molecule has 3 N–H and O–H groups in total. The summed E-state index contributed by atoms with van der Waals surface area (Å²) in [5.41, 5.74) is 0.